The van der Waals surface area contributed by atoms with Crippen molar-refractivity contribution in [2.75, 3.05) is 0 Å². The van der Waals surface area contributed by atoms with E-state index in [1.165, 1.54) is 26.2 Å². The van der Waals surface area contributed by atoms with Crippen LogP contribution in [0.1, 0.15) is 72.1 Å². The number of carbonyl (C=O) groups excluding carboxylic acids is 1. The third-order valence-corrected chi connectivity index (χ3v) is 9.12. The minimum absolute atomic E-state index is 0.105. The van der Waals surface area contributed by atoms with Crippen molar-refractivity contribution in [2.24, 2.45) is 40.4 Å². The normalized spacial score (nSPS) is 53.0. The van der Waals surface area contributed by atoms with Gasteiger partial charge in [0.15, 0.2) is 0 Å². The SMILES string of the molecule is CC(=O)OC1CC2CC[C@@H]3[C@@H](CC[C@]4(C)C(O)CC[C@@H]34)[C@@]2(C)CC1C#N. The quantitative estimate of drug-likeness (QED) is 0.716. The molecule has 0 bridgehead atoms. The maximum absolute atomic E-state index is 11.5. The molecule has 4 heteroatoms. The van der Waals surface area contributed by atoms with Crippen molar-refractivity contribution in [1.29, 1.82) is 5.26 Å². The molecule has 4 unspecified atom stereocenters. The maximum Gasteiger partial charge on any atom is 0.302 e. The van der Waals surface area contributed by atoms with Crippen LogP contribution in [0.3, 0.4) is 0 Å². The van der Waals surface area contributed by atoms with E-state index in [0.29, 0.717) is 23.7 Å². The summed E-state index contributed by atoms with van der Waals surface area (Å²) in [7, 11) is 0. The van der Waals surface area contributed by atoms with Crippen LogP contribution in [0.4, 0.5) is 0 Å². The zero-order chi connectivity index (χ0) is 18.7. The van der Waals surface area contributed by atoms with Gasteiger partial charge in [-0.1, -0.05) is 13.8 Å². The number of hydrogen-bond donors (Lipinski definition) is 1. The van der Waals surface area contributed by atoms with E-state index in [1.807, 2.05) is 0 Å². The largest absolute Gasteiger partial charge is 0.461 e. The molecule has 4 saturated carbocycles. The molecule has 4 rings (SSSR count). The molecule has 0 aromatic rings. The Hall–Kier alpha value is -1.08. The molecule has 0 saturated heterocycles. The zero-order valence-corrected chi connectivity index (χ0v) is 16.4. The van der Waals surface area contributed by atoms with Crippen LogP contribution in [0.15, 0.2) is 0 Å². The van der Waals surface area contributed by atoms with Gasteiger partial charge in [0.2, 0.25) is 0 Å². The van der Waals surface area contributed by atoms with E-state index in [1.54, 1.807) is 0 Å². The van der Waals surface area contributed by atoms with Crippen molar-refractivity contribution >= 4 is 5.97 Å². The summed E-state index contributed by atoms with van der Waals surface area (Å²) in [6.45, 7) is 6.18. The standard InChI is InChI=1S/C22H33NO3/c1-13(24)26-19-10-15-4-5-16-17-6-7-20(25)21(17,2)9-8-18(16)22(15,3)11-14(19)12-23/h14-20,25H,4-11H2,1-3H3/t14?,15?,16-,17-,18+,19?,20?,21-,22-/m0/s1. The molecule has 0 amide bonds. The summed E-state index contributed by atoms with van der Waals surface area (Å²) in [5.74, 6) is 2.09. The number of hydrogen-bond acceptors (Lipinski definition) is 4. The molecule has 4 aliphatic carbocycles. The van der Waals surface area contributed by atoms with Gasteiger partial charge in [-0.05, 0) is 85.9 Å². The highest BCUT2D eigenvalue weighted by molar-refractivity contribution is 5.66. The Morgan fingerprint density at radius 1 is 1.12 bits per heavy atom. The Balaban J connectivity index is 1.59. The van der Waals surface area contributed by atoms with E-state index in [-0.39, 0.29) is 34.9 Å². The first-order valence-electron chi connectivity index (χ1n) is 10.5. The summed E-state index contributed by atoms with van der Waals surface area (Å²) in [6, 6.07) is 2.46. The molecule has 26 heavy (non-hydrogen) atoms. The first-order valence-corrected chi connectivity index (χ1v) is 10.5. The molecule has 0 heterocycles. The fourth-order valence-corrected chi connectivity index (χ4v) is 7.73. The van der Waals surface area contributed by atoms with Crippen molar-refractivity contribution in [2.45, 2.75) is 84.3 Å². The van der Waals surface area contributed by atoms with E-state index < -0.39 is 0 Å². The molecule has 0 aromatic carbocycles. The van der Waals surface area contributed by atoms with Crippen LogP contribution in [-0.2, 0) is 9.53 Å². The average Bonchev–Trinajstić information content (AvgIpc) is 2.89. The monoisotopic (exact) mass is 359 g/mol. The number of fused-ring (bicyclic) bond motifs is 5. The van der Waals surface area contributed by atoms with Gasteiger partial charge in [-0.2, -0.15) is 5.26 Å². The number of carbonyl (C=O) groups is 1. The average molecular weight is 360 g/mol. The third kappa shape index (κ3) is 2.53. The van der Waals surface area contributed by atoms with Gasteiger partial charge >= 0.3 is 5.97 Å². The summed E-state index contributed by atoms with van der Waals surface area (Å²) in [5, 5.41) is 20.3. The first kappa shape index (κ1) is 18.3. The Morgan fingerprint density at radius 3 is 2.54 bits per heavy atom. The van der Waals surface area contributed by atoms with Gasteiger partial charge in [-0.3, -0.25) is 4.79 Å². The van der Waals surface area contributed by atoms with Gasteiger partial charge in [0.1, 0.15) is 6.10 Å². The lowest BCUT2D eigenvalue weighted by molar-refractivity contribution is -0.167. The summed E-state index contributed by atoms with van der Waals surface area (Å²) >= 11 is 0. The number of nitrogens with zero attached hydrogens (tertiary/aromatic N) is 1. The number of rotatable bonds is 1. The Kier molecular flexibility index (Phi) is 4.38. The van der Waals surface area contributed by atoms with E-state index in [0.717, 1.165) is 32.1 Å². The van der Waals surface area contributed by atoms with E-state index >= 15 is 0 Å². The van der Waals surface area contributed by atoms with Crippen molar-refractivity contribution < 1.29 is 14.6 Å². The minimum Gasteiger partial charge on any atom is -0.461 e. The summed E-state index contributed by atoms with van der Waals surface area (Å²) in [4.78, 5) is 11.5. The molecular formula is C22H33NO3. The topological polar surface area (TPSA) is 70.3 Å². The lowest BCUT2D eigenvalue weighted by Crippen LogP contribution is -2.56. The van der Waals surface area contributed by atoms with Crippen LogP contribution < -0.4 is 0 Å². The fraction of sp³-hybridized carbons (Fsp3) is 0.909. The Labute approximate surface area is 157 Å². The molecule has 144 valence electrons. The number of aliphatic hydroxyl groups excluding tert-OH is 1. The van der Waals surface area contributed by atoms with Gasteiger partial charge in [0, 0.05) is 6.92 Å². The van der Waals surface area contributed by atoms with Crippen molar-refractivity contribution in [3.63, 3.8) is 0 Å². The molecule has 4 fully saturated rings. The third-order valence-electron chi connectivity index (χ3n) is 9.12. The molecule has 0 radical (unpaired) electrons. The second-order valence-electron chi connectivity index (χ2n) is 10.1. The molecular weight excluding hydrogens is 326 g/mol. The summed E-state index contributed by atoms with van der Waals surface area (Å²) in [6.07, 6.45) is 8.18. The van der Waals surface area contributed by atoms with Gasteiger partial charge in [0.05, 0.1) is 18.1 Å². The predicted octanol–water partition coefficient (Wildman–Crippen LogP) is 4.07. The van der Waals surface area contributed by atoms with Crippen LogP contribution in [0.2, 0.25) is 0 Å². The van der Waals surface area contributed by atoms with Gasteiger partial charge < -0.3 is 9.84 Å². The zero-order valence-electron chi connectivity index (χ0n) is 16.4. The van der Waals surface area contributed by atoms with Crippen LogP contribution in [0, 0.1) is 51.8 Å². The molecule has 0 aliphatic heterocycles. The van der Waals surface area contributed by atoms with E-state index in [9.17, 15) is 15.2 Å². The van der Waals surface area contributed by atoms with Gasteiger partial charge in [-0.25, -0.2) is 0 Å². The highest BCUT2D eigenvalue weighted by Gasteiger charge is 2.61. The highest BCUT2D eigenvalue weighted by atomic mass is 16.5. The maximum atomic E-state index is 11.5. The summed E-state index contributed by atoms with van der Waals surface area (Å²) in [5.41, 5.74) is 0.281. The van der Waals surface area contributed by atoms with E-state index in [2.05, 4.69) is 19.9 Å². The summed E-state index contributed by atoms with van der Waals surface area (Å²) < 4.78 is 5.53. The lowest BCUT2D eigenvalue weighted by Gasteiger charge is -2.61. The molecule has 0 spiro atoms. The predicted molar refractivity (Wildman–Crippen MR) is 97.8 cm³/mol. The number of ether oxygens (including phenoxy) is 1. The number of esters is 1. The molecule has 0 aromatic heterocycles. The molecule has 9 atom stereocenters. The van der Waals surface area contributed by atoms with Crippen molar-refractivity contribution in [3.8, 4) is 6.07 Å². The van der Waals surface area contributed by atoms with Crippen LogP contribution in [-0.4, -0.2) is 23.3 Å². The molecule has 1 N–H and O–H groups in total. The molecule has 4 aliphatic rings. The van der Waals surface area contributed by atoms with Crippen molar-refractivity contribution in [1.82, 2.24) is 0 Å². The van der Waals surface area contributed by atoms with Crippen LogP contribution in [0.25, 0.3) is 0 Å². The second-order valence-corrected chi connectivity index (χ2v) is 10.1. The van der Waals surface area contributed by atoms with E-state index in [4.69, 9.17) is 4.74 Å². The Bertz CT molecular complexity index is 627. The smallest absolute Gasteiger partial charge is 0.302 e. The fourth-order valence-electron chi connectivity index (χ4n) is 7.73. The number of aliphatic hydroxyl groups is 1. The highest BCUT2D eigenvalue weighted by Crippen LogP contribution is 2.66. The van der Waals surface area contributed by atoms with Crippen LogP contribution in [0.5, 0.6) is 0 Å². The molecule has 4 nitrogen and oxygen atoms in total. The minimum atomic E-state index is -0.263. The van der Waals surface area contributed by atoms with Gasteiger partial charge in [-0.15, -0.1) is 0 Å². The Morgan fingerprint density at radius 2 is 1.85 bits per heavy atom. The number of nitriles is 1. The van der Waals surface area contributed by atoms with Crippen molar-refractivity contribution in [3.05, 3.63) is 0 Å². The first-order chi connectivity index (χ1) is 12.3. The van der Waals surface area contributed by atoms with Gasteiger partial charge in [0.25, 0.3) is 0 Å². The second kappa shape index (κ2) is 6.23. The van der Waals surface area contributed by atoms with Crippen LogP contribution >= 0.6 is 0 Å². The lowest BCUT2D eigenvalue weighted by atomic mass is 9.44.